The zero-order chi connectivity index (χ0) is 16.1. The molecule has 112 valence electrons. The van der Waals surface area contributed by atoms with Gasteiger partial charge in [-0.1, -0.05) is 48.5 Å². The molecule has 0 saturated carbocycles. The largest absolute Gasteiger partial charge is 0.449 e. The second-order valence-electron chi connectivity index (χ2n) is 4.69. The molecule has 0 aromatic heterocycles. The number of amides is 1. The highest BCUT2D eigenvalue weighted by Gasteiger charge is 2.22. The topological polar surface area (TPSA) is 86.5 Å². The quantitative estimate of drug-likeness (QED) is 0.675. The van der Waals surface area contributed by atoms with Crippen LogP contribution in [0.1, 0.15) is 33.2 Å². The Morgan fingerprint density at radius 1 is 0.909 bits per heavy atom. The maximum absolute atomic E-state index is 12.5. The van der Waals surface area contributed by atoms with Crippen LogP contribution in [0.15, 0.2) is 54.6 Å². The van der Waals surface area contributed by atoms with Gasteiger partial charge in [-0.3, -0.25) is 9.59 Å². The number of hydrogen-bond donors (Lipinski definition) is 1. The van der Waals surface area contributed by atoms with Crippen LogP contribution in [-0.2, 0) is 9.53 Å². The summed E-state index contributed by atoms with van der Waals surface area (Å²) in [5, 5.41) is 0. The molecule has 0 radical (unpaired) electrons. The molecule has 0 bridgehead atoms. The highest BCUT2D eigenvalue weighted by atomic mass is 16.5. The van der Waals surface area contributed by atoms with Crippen LogP contribution < -0.4 is 5.73 Å². The fourth-order valence-corrected chi connectivity index (χ4v) is 1.89. The summed E-state index contributed by atoms with van der Waals surface area (Å²) in [5.41, 5.74) is 5.85. The fraction of sp³-hybridized carbons (Fsp3) is 0.118. The first kappa shape index (κ1) is 15.4. The maximum atomic E-state index is 12.5. The van der Waals surface area contributed by atoms with E-state index in [0.29, 0.717) is 5.56 Å². The Balaban J connectivity index is 2.33. The van der Waals surface area contributed by atoms with Gasteiger partial charge in [0, 0.05) is 11.1 Å². The molecule has 2 rings (SSSR count). The minimum Gasteiger partial charge on any atom is -0.449 e. The van der Waals surface area contributed by atoms with Crippen molar-refractivity contribution in [3.05, 3.63) is 71.3 Å². The van der Waals surface area contributed by atoms with Crippen molar-refractivity contribution in [3.8, 4) is 0 Å². The minimum absolute atomic E-state index is 0.101. The number of hydrogen-bond acceptors (Lipinski definition) is 4. The van der Waals surface area contributed by atoms with E-state index in [9.17, 15) is 14.4 Å². The van der Waals surface area contributed by atoms with Gasteiger partial charge in [0.15, 0.2) is 11.9 Å². The van der Waals surface area contributed by atoms with Gasteiger partial charge in [0.05, 0.1) is 5.56 Å². The van der Waals surface area contributed by atoms with Crippen LogP contribution in [0, 0.1) is 0 Å². The molecule has 22 heavy (non-hydrogen) atoms. The molecule has 1 atom stereocenters. The third kappa shape index (κ3) is 3.38. The molecule has 0 spiro atoms. The Hall–Kier alpha value is -2.95. The zero-order valence-electron chi connectivity index (χ0n) is 12.0. The van der Waals surface area contributed by atoms with Gasteiger partial charge in [-0.05, 0) is 13.0 Å². The van der Waals surface area contributed by atoms with E-state index in [1.165, 1.54) is 13.0 Å². The number of benzene rings is 2. The van der Waals surface area contributed by atoms with Crippen molar-refractivity contribution in [1.82, 2.24) is 0 Å². The second-order valence-corrected chi connectivity index (χ2v) is 4.69. The summed E-state index contributed by atoms with van der Waals surface area (Å²) in [6.45, 7) is 1.38. The van der Waals surface area contributed by atoms with Gasteiger partial charge < -0.3 is 10.5 Å². The second kappa shape index (κ2) is 6.67. The third-order valence-corrected chi connectivity index (χ3v) is 3.11. The number of nitrogens with two attached hydrogens (primary N) is 1. The van der Waals surface area contributed by atoms with Gasteiger partial charge in [0.2, 0.25) is 0 Å². The molecular formula is C17H15NO4. The smallest absolute Gasteiger partial charge is 0.339 e. The SMILES string of the molecule is C[C@@H](OC(=O)c1ccccc1C(=O)c1ccccc1)C(N)=O. The van der Waals surface area contributed by atoms with Crippen LogP contribution in [0.5, 0.6) is 0 Å². The molecule has 2 N–H and O–H groups in total. The molecule has 0 heterocycles. The van der Waals surface area contributed by atoms with Gasteiger partial charge >= 0.3 is 5.97 Å². The molecular weight excluding hydrogens is 282 g/mol. The van der Waals surface area contributed by atoms with Crippen molar-refractivity contribution in [2.75, 3.05) is 0 Å². The van der Waals surface area contributed by atoms with Crippen LogP contribution in [-0.4, -0.2) is 23.8 Å². The van der Waals surface area contributed by atoms with Crippen LogP contribution >= 0.6 is 0 Å². The van der Waals surface area contributed by atoms with Gasteiger partial charge in [-0.2, -0.15) is 0 Å². The average Bonchev–Trinajstić information content (AvgIpc) is 2.54. The summed E-state index contributed by atoms with van der Waals surface area (Å²) < 4.78 is 4.96. The highest BCUT2D eigenvalue weighted by Crippen LogP contribution is 2.16. The molecule has 0 fully saturated rings. The van der Waals surface area contributed by atoms with Gasteiger partial charge in [0.25, 0.3) is 5.91 Å². The lowest BCUT2D eigenvalue weighted by atomic mass is 9.98. The third-order valence-electron chi connectivity index (χ3n) is 3.11. The number of ether oxygens (including phenoxy) is 1. The van der Waals surface area contributed by atoms with Crippen molar-refractivity contribution in [1.29, 1.82) is 0 Å². The number of esters is 1. The van der Waals surface area contributed by atoms with Crippen molar-refractivity contribution in [2.45, 2.75) is 13.0 Å². The van der Waals surface area contributed by atoms with Crippen molar-refractivity contribution in [2.24, 2.45) is 5.73 Å². The minimum atomic E-state index is -1.06. The van der Waals surface area contributed by atoms with Crippen molar-refractivity contribution in [3.63, 3.8) is 0 Å². The normalized spacial score (nSPS) is 11.5. The summed E-state index contributed by atoms with van der Waals surface area (Å²) in [6.07, 6.45) is -1.06. The van der Waals surface area contributed by atoms with Crippen LogP contribution in [0.25, 0.3) is 0 Å². The number of carbonyl (C=O) groups is 3. The Labute approximate surface area is 127 Å². The summed E-state index contributed by atoms with van der Waals surface area (Å²) in [6, 6.07) is 14.9. The number of ketones is 1. The Bertz CT molecular complexity index is 710. The summed E-state index contributed by atoms with van der Waals surface area (Å²) in [7, 11) is 0. The van der Waals surface area contributed by atoms with Gasteiger partial charge in [-0.15, -0.1) is 0 Å². The lowest BCUT2D eigenvalue weighted by Crippen LogP contribution is -2.30. The standard InChI is InChI=1S/C17H15NO4/c1-11(16(18)20)22-17(21)14-10-6-5-9-13(14)15(19)12-7-3-2-4-8-12/h2-11H,1H3,(H2,18,20)/t11-/m1/s1. The van der Waals surface area contributed by atoms with E-state index >= 15 is 0 Å². The molecule has 0 aliphatic carbocycles. The molecule has 2 aromatic carbocycles. The van der Waals surface area contributed by atoms with Gasteiger partial charge in [0.1, 0.15) is 0 Å². The first-order valence-corrected chi connectivity index (χ1v) is 6.69. The van der Waals surface area contributed by atoms with Gasteiger partial charge in [-0.25, -0.2) is 4.79 Å². The zero-order valence-corrected chi connectivity index (χ0v) is 12.0. The Morgan fingerprint density at radius 2 is 1.45 bits per heavy atom. The van der Waals surface area contributed by atoms with E-state index in [1.54, 1.807) is 48.5 Å². The van der Waals surface area contributed by atoms with Crippen molar-refractivity contribution >= 4 is 17.7 Å². The fourth-order valence-electron chi connectivity index (χ4n) is 1.89. The van der Waals surface area contributed by atoms with Crippen LogP contribution in [0.4, 0.5) is 0 Å². The Kier molecular flexibility index (Phi) is 4.68. The molecule has 5 nitrogen and oxygen atoms in total. The molecule has 0 aliphatic heterocycles. The lowest BCUT2D eigenvalue weighted by Gasteiger charge is -2.12. The number of primary amides is 1. The molecule has 0 unspecified atom stereocenters. The van der Waals surface area contributed by atoms with Crippen LogP contribution in [0.3, 0.4) is 0 Å². The number of carbonyl (C=O) groups excluding carboxylic acids is 3. The van der Waals surface area contributed by atoms with E-state index in [0.717, 1.165) is 0 Å². The molecule has 0 saturated heterocycles. The molecule has 0 aliphatic rings. The first-order valence-electron chi connectivity index (χ1n) is 6.69. The van der Waals surface area contributed by atoms with E-state index in [2.05, 4.69) is 0 Å². The Morgan fingerprint density at radius 3 is 2.05 bits per heavy atom. The monoisotopic (exact) mass is 297 g/mol. The van der Waals surface area contributed by atoms with E-state index in [-0.39, 0.29) is 16.9 Å². The van der Waals surface area contributed by atoms with Crippen molar-refractivity contribution < 1.29 is 19.1 Å². The predicted molar refractivity (Wildman–Crippen MR) is 80.4 cm³/mol. The number of rotatable bonds is 5. The summed E-state index contributed by atoms with van der Waals surface area (Å²) >= 11 is 0. The van der Waals surface area contributed by atoms with E-state index in [1.807, 2.05) is 0 Å². The molecule has 2 aromatic rings. The average molecular weight is 297 g/mol. The maximum Gasteiger partial charge on any atom is 0.339 e. The highest BCUT2D eigenvalue weighted by molar-refractivity contribution is 6.14. The lowest BCUT2D eigenvalue weighted by molar-refractivity contribution is -0.125. The summed E-state index contributed by atoms with van der Waals surface area (Å²) in [4.78, 5) is 35.6. The first-order chi connectivity index (χ1) is 10.5. The van der Waals surface area contributed by atoms with E-state index < -0.39 is 18.0 Å². The molecule has 5 heteroatoms. The summed E-state index contributed by atoms with van der Waals surface area (Å²) in [5.74, 6) is -1.80. The molecule has 1 amide bonds. The van der Waals surface area contributed by atoms with Crippen LogP contribution in [0.2, 0.25) is 0 Å². The van der Waals surface area contributed by atoms with E-state index in [4.69, 9.17) is 10.5 Å². The predicted octanol–water partition coefficient (Wildman–Crippen LogP) is 1.95.